The van der Waals surface area contributed by atoms with Gasteiger partial charge in [-0.1, -0.05) is 12.0 Å². The van der Waals surface area contributed by atoms with Crippen LogP contribution in [-0.2, 0) is 4.74 Å². The number of rotatable bonds is 2. The molecule has 0 aromatic heterocycles. The van der Waals surface area contributed by atoms with Crippen LogP contribution in [0.3, 0.4) is 0 Å². The predicted octanol–water partition coefficient (Wildman–Crippen LogP) is 2.96. The molecule has 1 fully saturated rings. The molecule has 3 heteroatoms. The second-order valence-electron chi connectivity index (χ2n) is 5.33. The van der Waals surface area contributed by atoms with E-state index in [1.54, 1.807) is 4.90 Å². The van der Waals surface area contributed by atoms with Crippen molar-refractivity contribution in [1.82, 2.24) is 4.90 Å². The van der Waals surface area contributed by atoms with Crippen LogP contribution in [0.1, 0.15) is 40.0 Å². The molecule has 1 aliphatic rings. The summed E-state index contributed by atoms with van der Waals surface area (Å²) < 4.78 is 5.39. The Hall–Kier alpha value is -1.43. The zero-order chi connectivity index (χ0) is 13.1. The highest BCUT2D eigenvalue weighted by molar-refractivity contribution is 5.70. The van der Waals surface area contributed by atoms with E-state index in [0.717, 1.165) is 19.3 Å². The monoisotopic (exact) mass is 235 g/mol. The molecule has 0 bridgehead atoms. The summed E-state index contributed by atoms with van der Waals surface area (Å²) in [6.45, 7) is 9.28. The maximum Gasteiger partial charge on any atom is 0.411 e. The Bertz CT molecular complexity index is 335. The standard InChI is InChI=1S/C14H21NO2/c1-6-8-12-10-9-11(7-2)15(12)13(16)17-14(3,4)5/h2,6,11-12H,1,8-10H2,3-5H3/t11-,12+/m0/s1. The van der Waals surface area contributed by atoms with E-state index in [4.69, 9.17) is 11.2 Å². The van der Waals surface area contributed by atoms with Gasteiger partial charge in [0.25, 0.3) is 0 Å². The van der Waals surface area contributed by atoms with Gasteiger partial charge in [-0.25, -0.2) is 4.79 Å². The van der Waals surface area contributed by atoms with Crippen molar-refractivity contribution in [3.05, 3.63) is 12.7 Å². The van der Waals surface area contributed by atoms with Crippen molar-refractivity contribution in [1.29, 1.82) is 0 Å². The van der Waals surface area contributed by atoms with Crippen molar-refractivity contribution in [3.63, 3.8) is 0 Å². The predicted molar refractivity (Wildman–Crippen MR) is 68.5 cm³/mol. The quantitative estimate of drug-likeness (QED) is 0.544. The molecule has 2 atom stereocenters. The van der Waals surface area contributed by atoms with E-state index in [-0.39, 0.29) is 18.2 Å². The van der Waals surface area contributed by atoms with Crippen LogP contribution in [0, 0.1) is 12.3 Å². The molecule has 0 saturated carbocycles. The van der Waals surface area contributed by atoms with Crippen LogP contribution in [0.4, 0.5) is 4.79 Å². The lowest BCUT2D eigenvalue weighted by atomic mass is 10.1. The molecule has 0 aliphatic carbocycles. The van der Waals surface area contributed by atoms with Crippen molar-refractivity contribution < 1.29 is 9.53 Å². The van der Waals surface area contributed by atoms with Crippen LogP contribution in [0.25, 0.3) is 0 Å². The number of likely N-dealkylation sites (tertiary alicyclic amines) is 1. The van der Waals surface area contributed by atoms with Crippen LogP contribution in [-0.4, -0.2) is 28.7 Å². The van der Waals surface area contributed by atoms with Crippen LogP contribution in [0.5, 0.6) is 0 Å². The first-order chi connectivity index (χ1) is 7.89. The van der Waals surface area contributed by atoms with Gasteiger partial charge in [0.2, 0.25) is 0 Å². The fourth-order valence-corrected chi connectivity index (χ4v) is 2.06. The van der Waals surface area contributed by atoms with E-state index in [1.807, 2.05) is 26.8 Å². The summed E-state index contributed by atoms with van der Waals surface area (Å²) >= 11 is 0. The number of amides is 1. The zero-order valence-corrected chi connectivity index (χ0v) is 10.9. The normalized spacial score (nSPS) is 24.2. The molecule has 3 nitrogen and oxygen atoms in total. The number of terminal acetylenes is 1. The highest BCUT2D eigenvalue weighted by Gasteiger charge is 2.37. The Morgan fingerprint density at radius 2 is 2.24 bits per heavy atom. The van der Waals surface area contributed by atoms with Gasteiger partial charge in [-0.05, 0) is 40.0 Å². The van der Waals surface area contributed by atoms with Gasteiger partial charge >= 0.3 is 6.09 Å². The Kier molecular flexibility index (Phi) is 4.22. The SMILES string of the molecule is C#C[C@H]1CC[C@@H](CC=C)N1C(=O)OC(C)(C)C. The van der Waals surface area contributed by atoms with E-state index in [2.05, 4.69) is 12.5 Å². The average Bonchev–Trinajstić information content (AvgIpc) is 2.58. The Morgan fingerprint density at radius 1 is 1.59 bits per heavy atom. The van der Waals surface area contributed by atoms with Gasteiger partial charge in [-0.3, -0.25) is 4.90 Å². The lowest BCUT2D eigenvalue weighted by molar-refractivity contribution is 0.0189. The summed E-state index contributed by atoms with van der Waals surface area (Å²) in [4.78, 5) is 13.8. The molecule has 17 heavy (non-hydrogen) atoms. The Labute approximate surface area is 104 Å². The van der Waals surface area contributed by atoms with Gasteiger partial charge < -0.3 is 4.74 Å². The Morgan fingerprint density at radius 3 is 2.71 bits per heavy atom. The smallest absolute Gasteiger partial charge is 0.411 e. The lowest BCUT2D eigenvalue weighted by Gasteiger charge is -2.30. The number of carbonyl (C=O) groups excluding carboxylic acids is 1. The molecule has 0 unspecified atom stereocenters. The second-order valence-corrected chi connectivity index (χ2v) is 5.33. The van der Waals surface area contributed by atoms with Gasteiger partial charge in [0.05, 0.1) is 6.04 Å². The van der Waals surface area contributed by atoms with Crippen molar-refractivity contribution >= 4 is 6.09 Å². The molecule has 0 aromatic rings. The largest absolute Gasteiger partial charge is 0.444 e. The maximum atomic E-state index is 12.1. The highest BCUT2D eigenvalue weighted by atomic mass is 16.6. The minimum atomic E-state index is -0.489. The third-order valence-corrected chi connectivity index (χ3v) is 2.74. The van der Waals surface area contributed by atoms with E-state index in [0.29, 0.717) is 0 Å². The maximum absolute atomic E-state index is 12.1. The number of hydrogen-bond acceptors (Lipinski definition) is 2. The summed E-state index contributed by atoms with van der Waals surface area (Å²) in [7, 11) is 0. The minimum absolute atomic E-state index is 0.128. The van der Waals surface area contributed by atoms with Crippen LogP contribution < -0.4 is 0 Å². The summed E-state index contributed by atoms with van der Waals surface area (Å²) in [5.74, 6) is 2.66. The first-order valence-electron chi connectivity index (χ1n) is 5.97. The van der Waals surface area contributed by atoms with E-state index >= 15 is 0 Å². The molecular formula is C14H21NO2. The van der Waals surface area contributed by atoms with Crippen LogP contribution >= 0.6 is 0 Å². The first-order valence-corrected chi connectivity index (χ1v) is 5.97. The van der Waals surface area contributed by atoms with Crippen LogP contribution in [0.2, 0.25) is 0 Å². The van der Waals surface area contributed by atoms with E-state index in [1.165, 1.54) is 0 Å². The molecule has 1 amide bonds. The molecule has 94 valence electrons. The van der Waals surface area contributed by atoms with Crippen molar-refractivity contribution in [3.8, 4) is 12.3 Å². The third-order valence-electron chi connectivity index (χ3n) is 2.74. The van der Waals surface area contributed by atoms with Gasteiger partial charge in [0.15, 0.2) is 0 Å². The molecule has 0 spiro atoms. The average molecular weight is 235 g/mol. The number of hydrogen-bond donors (Lipinski definition) is 0. The molecule has 1 heterocycles. The fourth-order valence-electron chi connectivity index (χ4n) is 2.06. The van der Waals surface area contributed by atoms with Gasteiger partial charge in [-0.15, -0.1) is 13.0 Å². The van der Waals surface area contributed by atoms with E-state index in [9.17, 15) is 4.79 Å². The zero-order valence-electron chi connectivity index (χ0n) is 10.9. The minimum Gasteiger partial charge on any atom is -0.444 e. The van der Waals surface area contributed by atoms with Crippen molar-refractivity contribution in [2.24, 2.45) is 0 Å². The second kappa shape index (κ2) is 5.27. The highest BCUT2D eigenvalue weighted by Crippen LogP contribution is 2.28. The summed E-state index contributed by atoms with van der Waals surface area (Å²) in [5.41, 5.74) is -0.489. The molecule has 0 radical (unpaired) electrons. The summed E-state index contributed by atoms with van der Waals surface area (Å²) in [6, 6.07) is -0.0156. The third kappa shape index (κ3) is 3.52. The number of nitrogens with zero attached hydrogens (tertiary/aromatic N) is 1. The first kappa shape index (κ1) is 13.6. The molecule has 0 N–H and O–H groups in total. The van der Waals surface area contributed by atoms with Crippen molar-refractivity contribution in [2.45, 2.75) is 57.7 Å². The molecular weight excluding hydrogens is 214 g/mol. The van der Waals surface area contributed by atoms with Crippen molar-refractivity contribution in [2.75, 3.05) is 0 Å². The molecule has 1 rings (SSSR count). The summed E-state index contributed by atoms with van der Waals surface area (Å²) in [6.07, 6.45) is 9.48. The molecule has 1 aliphatic heterocycles. The molecule has 1 saturated heterocycles. The van der Waals surface area contributed by atoms with Gasteiger partial charge in [-0.2, -0.15) is 0 Å². The lowest BCUT2D eigenvalue weighted by Crippen LogP contribution is -2.43. The molecule has 0 aromatic carbocycles. The van der Waals surface area contributed by atoms with Gasteiger partial charge in [0, 0.05) is 6.04 Å². The van der Waals surface area contributed by atoms with Gasteiger partial charge in [0.1, 0.15) is 5.60 Å². The van der Waals surface area contributed by atoms with Crippen LogP contribution in [0.15, 0.2) is 12.7 Å². The number of ether oxygens (including phenoxy) is 1. The summed E-state index contributed by atoms with van der Waals surface area (Å²) in [5, 5.41) is 0. The number of carbonyl (C=O) groups is 1. The fraction of sp³-hybridized carbons (Fsp3) is 0.643. The Balaban J connectivity index is 2.78. The van der Waals surface area contributed by atoms with E-state index < -0.39 is 5.60 Å². The topological polar surface area (TPSA) is 29.5 Å².